The van der Waals surface area contributed by atoms with Crippen molar-refractivity contribution < 1.29 is 0 Å². The van der Waals surface area contributed by atoms with Gasteiger partial charge in [0.2, 0.25) is 0 Å². The number of halogens is 2. The smallest absolute Gasteiger partial charge is 0.159 e. The van der Waals surface area contributed by atoms with Gasteiger partial charge in [0.05, 0.1) is 0 Å². The van der Waals surface area contributed by atoms with Gasteiger partial charge in [-0.15, -0.1) is 11.3 Å². The molecule has 0 atom stereocenters. The highest BCUT2D eigenvalue weighted by atomic mass is 127. The molecule has 0 bridgehead atoms. The summed E-state index contributed by atoms with van der Waals surface area (Å²) in [5.41, 5.74) is 0. The number of rotatable bonds is 1. The molecule has 0 radical (unpaired) electrons. The molecule has 4 heteroatoms. The van der Waals surface area contributed by atoms with Crippen molar-refractivity contribution in [3.63, 3.8) is 0 Å². The van der Waals surface area contributed by atoms with E-state index in [1.165, 1.54) is 4.88 Å². The summed E-state index contributed by atoms with van der Waals surface area (Å²) in [6.07, 6.45) is 1.89. The molecule has 0 spiro atoms. The SMILES string of the molecule is Brc1ncc(CI)s1. The van der Waals surface area contributed by atoms with Gasteiger partial charge in [0, 0.05) is 15.5 Å². The van der Waals surface area contributed by atoms with Crippen molar-refractivity contribution in [3.8, 4) is 0 Å². The molecule has 0 saturated carbocycles. The summed E-state index contributed by atoms with van der Waals surface area (Å²) in [6, 6.07) is 0. The van der Waals surface area contributed by atoms with E-state index in [4.69, 9.17) is 0 Å². The first kappa shape index (κ1) is 6.95. The standard InChI is InChI=1S/C4H3BrINS/c5-4-7-2-3(1-6)8-4/h2H,1H2. The number of thiazole rings is 1. The van der Waals surface area contributed by atoms with Crippen LogP contribution in [0.5, 0.6) is 0 Å². The Morgan fingerprint density at radius 2 is 2.62 bits per heavy atom. The highest BCUT2D eigenvalue weighted by Crippen LogP contribution is 2.20. The van der Waals surface area contributed by atoms with Crippen molar-refractivity contribution in [1.82, 2.24) is 4.98 Å². The van der Waals surface area contributed by atoms with Gasteiger partial charge in [-0.3, -0.25) is 0 Å². The van der Waals surface area contributed by atoms with Crippen LogP contribution in [-0.4, -0.2) is 4.98 Å². The van der Waals surface area contributed by atoms with Crippen LogP contribution in [0, 0.1) is 0 Å². The fourth-order valence-electron chi connectivity index (χ4n) is 0.345. The van der Waals surface area contributed by atoms with E-state index >= 15 is 0 Å². The molecule has 0 amide bonds. The first-order valence-electron chi connectivity index (χ1n) is 1.99. The molecule has 0 N–H and O–H groups in total. The average Bonchev–Trinajstić information content (AvgIpc) is 2.14. The molecule has 0 aliphatic rings. The summed E-state index contributed by atoms with van der Waals surface area (Å²) in [5.74, 6) is 0. The van der Waals surface area contributed by atoms with Crippen molar-refractivity contribution in [2.24, 2.45) is 0 Å². The number of alkyl halides is 1. The van der Waals surface area contributed by atoms with E-state index in [0.717, 1.165) is 8.34 Å². The van der Waals surface area contributed by atoms with Gasteiger partial charge in [0.15, 0.2) is 3.92 Å². The Bertz CT molecular complexity index is 176. The maximum absolute atomic E-state index is 4.02. The van der Waals surface area contributed by atoms with Gasteiger partial charge < -0.3 is 0 Å². The Labute approximate surface area is 73.8 Å². The minimum atomic E-state index is 0.976. The van der Waals surface area contributed by atoms with E-state index in [0.29, 0.717) is 0 Å². The fraction of sp³-hybridized carbons (Fsp3) is 0.250. The van der Waals surface area contributed by atoms with Crippen molar-refractivity contribution in [2.75, 3.05) is 0 Å². The molecular formula is C4H3BrINS. The zero-order valence-corrected chi connectivity index (χ0v) is 8.46. The van der Waals surface area contributed by atoms with Crippen molar-refractivity contribution in [2.45, 2.75) is 4.43 Å². The third-order valence-corrected chi connectivity index (χ3v) is 3.47. The maximum Gasteiger partial charge on any atom is 0.159 e. The summed E-state index contributed by atoms with van der Waals surface area (Å²) in [5, 5.41) is 0. The van der Waals surface area contributed by atoms with Gasteiger partial charge in [-0.1, -0.05) is 22.6 Å². The molecule has 1 rings (SSSR count). The molecule has 0 aromatic carbocycles. The summed E-state index contributed by atoms with van der Waals surface area (Å²) < 4.78 is 2.03. The molecule has 44 valence electrons. The fourth-order valence-corrected chi connectivity index (χ4v) is 2.22. The Morgan fingerprint density at radius 1 is 1.88 bits per heavy atom. The predicted octanol–water partition coefficient (Wildman–Crippen LogP) is 2.84. The molecule has 1 heterocycles. The van der Waals surface area contributed by atoms with Crippen molar-refractivity contribution >= 4 is 49.9 Å². The normalized spacial score (nSPS) is 9.75. The molecule has 0 fully saturated rings. The topological polar surface area (TPSA) is 12.9 Å². The number of aromatic nitrogens is 1. The molecule has 0 aliphatic heterocycles. The molecular weight excluding hydrogens is 301 g/mol. The largest absolute Gasteiger partial charge is 0.237 e. The lowest BCUT2D eigenvalue weighted by atomic mass is 10.7. The number of hydrogen-bond acceptors (Lipinski definition) is 2. The van der Waals surface area contributed by atoms with Gasteiger partial charge in [-0.25, -0.2) is 4.98 Å². The molecule has 1 aromatic heterocycles. The zero-order chi connectivity index (χ0) is 5.98. The first-order chi connectivity index (χ1) is 3.83. The molecule has 1 nitrogen and oxygen atoms in total. The van der Waals surface area contributed by atoms with E-state index in [-0.39, 0.29) is 0 Å². The second-order valence-electron chi connectivity index (χ2n) is 1.21. The van der Waals surface area contributed by atoms with Crippen LogP contribution in [0.3, 0.4) is 0 Å². The number of nitrogens with zero attached hydrogens (tertiary/aromatic N) is 1. The summed E-state index contributed by atoms with van der Waals surface area (Å²) in [7, 11) is 0. The van der Waals surface area contributed by atoms with Crippen molar-refractivity contribution in [3.05, 3.63) is 15.0 Å². The van der Waals surface area contributed by atoms with E-state index in [9.17, 15) is 0 Å². The van der Waals surface area contributed by atoms with Gasteiger partial charge >= 0.3 is 0 Å². The highest BCUT2D eigenvalue weighted by Gasteiger charge is 1.93. The molecule has 0 unspecified atom stereocenters. The van der Waals surface area contributed by atoms with Crippen molar-refractivity contribution in [1.29, 1.82) is 0 Å². The monoisotopic (exact) mass is 303 g/mol. The molecule has 8 heavy (non-hydrogen) atoms. The second kappa shape index (κ2) is 3.12. The number of hydrogen-bond donors (Lipinski definition) is 0. The Morgan fingerprint density at radius 3 is 2.88 bits per heavy atom. The van der Waals surface area contributed by atoms with E-state index in [2.05, 4.69) is 43.5 Å². The van der Waals surface area contributed by atoms with Crippen LogP contribution in [0.4, 0.5) is 0 Å². The van der Waals surface area contributed by atoms with Crippen LogP contribution in [0.25, 0.3) is 0 Å². The Balaban J connectivity index is 2.84. The quantitative estimate of drug-likeness (QED) is 0.574. The van der Waals surface area contributed by atoms with E-state index < -0.39 is 0 Å². The van der Waals surface area contributed by atoms with Gasteiger partial charge in [0.1, 0.15) is 0 Å². The summed E-state index contributed by atoms with van der Waals surface area (Å²) in [6.45, 7) is 0. The predicted molar refractivity (Wildman–Crippen MR) is 47.5 cm³/mol. The van der Waals surface area contributed by atoms with Crippen LogP contribution in [-0.2, 0) is 4.43 Å². The molecule has 0 aliphatic carbocycles. The average molecular weight is 304 g/mol. The summed E-state index contributed by atoms with van der Waals surface area (Å²) >= 11 is 7.28. The lowest BCUT2D eigenvalue weighted by molar-refractivity contribution is 1.35. The van der Waals surface area contributed by atoms with Gasteiger partial charge in [-0.05, 0) is 15.9 Å². The van der Waals surface area contributed by atoms with Gasteiger partial charge in [0.25, 0.3) is 0 Å². The third-order valence-electron chi connectivity index (χ3n) is 0.657. The van der Waals surface area contributed by atoms with E-state index in [1.54, 1.807) is 11.3 Å². The van der Waals surface area contributed by atoms with Crippen LogP contribution in [0.15, 0.2) is 10.1 Å². The zero-order valence-electron chi connectivity index (χ0n) is 3.90. The second-order valence-corrected chi connectivity index (χ2v) is 4.37. The maximum atomic E-state index is 4.02. The lowest BCUT2D eigenvalue weighted by Gasteiger charge is -1.75. The Hall–Kier alpha value is 0.840. The van der Waals surface area contributed by atoms with Crippen LogP contribution >= 0.6 is 49.9 Å². The third kappa shape index (κ3) is 1.66. The molecule has 1 aromatic rings. The van der Waals surface area contributed by atoms with Gasteiger partial charge in [-0.2, -0.15) is 0 Å². The molecule has 0 saturated heterocycles. The minimum absolute atomic E-state index is 0.976. The summed E-state index contributed by atoms with van der Waals surface area (Å²) in [4.78, 5) is 5.33. The first-order valence-corrected chi connectivity index (χ1v) is 5.12. The highest BCUT2D eigenvalue weighted by molar-refractivity contribution is 14.1. The van der Waals surface area contributed by atoms with E-state index in [1.807, 2.05) is 6.20 Å². The lowest BCUT2D eigenvalue weighted by Crippen LogP contribution is -1.59. The van der Waals surface area contributed by atoms with Crippen LogP contribution in [0.2, 0.25) is 0 Å². The minimum Gasteiger partial charge on any atom is -0.237 e. The Kier molecular flexibility index (Phi) is 2.71. The van der Waals surface area contributed by atoms with Crippen LogP contribution in [0.1, 0.15) is 4.88 Å². The van der Waals surface area contributed by atoms with Crippen LogP contribution < -0.4 is 0 Å².